The Hall–Kier alpha value is -3.01. The maximum atomic E-state index is 12.6. The number of aryl methyl sites for hydroxylation is 1. The van der Waals surface area contributed by atoms with Crippen LogP contribution in [-0.4, -0.2) is 16.6 Å². The summed E-state index contributed by atoms with van der Waals surface area (Å²) >= 11 is 0. The number of nitrogens with one attached hydrogen (secondary N) is 1. The fraction of sp³-hybridized carbons (Fsp3) is 0.190. The molecule has 0 aliphatic rings. The zero-order valence-electron chi connectivity index (χ0n) is 14.5. The monoisotopic (exact) mass is 331 g/mol. The van der Waals surface area contributed by atoms with E-state index in [0.717, 1.165) is 35.2 Å². The highest BCUT2D eigenvalue weighted by Gasteiger charge is 2.11. The summed E-state index contributed by atoms with van der Waals surface area (Å²) in [6.45, 7) is 3.93. The van der Waals surface area contributed by atoms with Crippen LogP contribution in [0.2, 0.25) is 0 Å². The average Bonchev–Trinajstić information content (AvgIpc) is 2.65. The number of pyridine rings is 1. The van der Waals surface area contributed by atoms with Gasteiger partial charge in [-0.2, -0.15) is 5.10 Å². The van der Waals surface area contributed by atoms with E-state index in [1.54, 1.807) is 6.07 Å². The molecule has 25 heavy (non-hydrogen) atoms. The van der Waals surface area contributed by atoms with Gasteiger partial charge in [0, 0.05) is 23.2 Å². The van der Waals surface area contributed by atoms with Crippen molar-refractivity contribution in [3.8, 4) is 0 Å². The first-order valence-corrected chi connectivity index (χ1v) is 8.43. The molecule has 0 radical (unpaired) electrons. The van der Waals surface area contributed by atoms with Crippen molar-refractivity contribution in [2.24, 2.45) is 5.10 Å². The molecular weight excluding hydrogens is 310 g/mol. The molecule has 3 aromatic rings. The van der Waals surface area contributed by atoms with Crippen molar-refractivity contribution in [2.45, 2.75) is 26.7 Å². The Morgan fingerprint density at radius 1 is 1.08 bits per heavy atom. The van der Waals surface area contributed by atoms with E-state index in [1.807, 2.05) is 56.3 Å². The van der Waals surface area contributed by atoms with E-state index in [2.05, 4.69) is 27.6 Å². The third-order valence-corrected chi connectivity index (χ3v) is 4.06. The van der Waals surface area contributed by atoms with Gasteiger partial charge in [0.1, 0.15) is 0 Å². The number of fused-ring (bicyclic) bond motifs is 1. The Bertz CT molecular complexity index is 917. The third-order valence-electron chi connectivity index (χ3n) is 4.06. The number of rotatable bonds is 5. The molecule has 2 aromatic carbocycles. The molecule has 4 nitrogen and oxygen atoms in total. The molecule has 0 spiro atoms. The minimum Gasteiger partial charge on any atom is -0.267 e. The summed E-state index contributed by atoms with van der Waals surface area (Å²) in [5.74, 6) is -0.208. The summed E-state index contributed by atoms with van der Waals surface area (Å²) in [4.78, 5) is 17.1. The predicted molar refractivity (Wildman–Crippen MR) is 102 cm³/mol. The molecule has 1 amide bonds. The topological polar surface area (TPSA) is 54.4 Å². The van der Waals surface area contributed by atoms with E-state index < -0.39 is 0 Å². The maximum absolute atomic E-state index is 12.6. The largest absolute Gasteiger partial charge is 0.272 e. The van der Waals surface area contributed by atoms with Gasteiger partial charge in [0.15, 0.2) is 0 Å². The van der Waals surface area contributed by atoms with Crippen LogP contribution in [0.5, 0.6) is 0 Å². The number of carbonyl (C=O) groups is 1. The van der Waals surface area contributed by atoms with Crippen molar-refractivity contribution in [3.63, 3.8) is 0 Å². The number of benzene rings is 2. The lowest BCUT2D eigenvalue weighted by Gasteiger charge is -2.08. The zero-order chi connectivity index (χ0) is 17.6. The first-order valence-electron chi connectivity index (χ1n) is 8.43. The molecule has 0 aliphatic carbocycles. The molecule has 4 heteroatoms. The van der Waals surface area contributed by atoms with Gasteiger partial charge in [-0.1, -0.05) is 55.5 Å². The minimum atomic E-state index is -0.208. The molecule has 126 valence electrons. The molecule has 3 rings (SSSR count). The molecule has 0 unspecified atom stereocenters. The lowest BCUT2D eigenvalue weighted by atomic mass is 10.1. The van der Waals surface area contributed by atoms with E-state index in [-0.39, 0.29) is 5.91 Å². The Kier molecular flexibility index (Phi) is 5.19. The first kappa shape index (κ1) is 16.8. The number of hydrogen-bond donors (Lipinski definition) is 1. The van der Waals surface area contributed by atoms with Crippen LogP contribution < -0.4 is 5.43 Å². The number of amides is 1. The number of nitrogens with zero attached hydrogens (tertiary/aromatic N) is 2. The van der Waals surface area contributed by atoms with Crippen LogP contribution in [0, 0.1) is 6.92 Å². The van der Waals surface area contributed by atoms with Crippen molar-refractivity contribution in [3.05, 3.63) is 77.5 Å². The van der Waals surface area contributed by atoms with Gasteiger partial charge in [-0.25, -0.2) is 5.43 Å². The van der Waals surface area contributed by atoms with Crippen molar-refractivity contribution in [1.82, 2.24) is 10.4 Å². The van der Waals surface area contributed by atoms with Crippen LogP contribution in [0.1, 0.15) is 35.0 Å². The third kappa shape index (κ3) is 4.10. The fourth-order valence-electron chi connectivity index (χ4n) is 2.76. The molecule has 0 fully saturated rings. The Labute approximate surface area is 147 Å². The fourth-order valence-corrected chi connectivity index (χ4v) is 2.76. The van der Waals surface area contributed by atoms with Crippen molar-refractivity contribution in [2.75, 3.05) is 0 Å². The van der Waals surface area contributed by atoms with Gasteiger partial charge >= 0.3 is 0 Å². The van der Waals surface area contributed by atoms with E-state index in [4.69, 9.17) is 0 Å². The Morgan fingerprint density at radius 3 is 2.56 bits per heavy atom. The van der Waals surface area contributed by atoms with Crippen LogP contribution in [0.25, 0.3) is 10.9 Å². The molecule has 0 bridgehead atoms. The molecule has 1 N–H and O–H groups in total. The standard InChI is InChI=1S/C21H21N3O/c1-3-17(14-16-9-5-4-6-10-16)23-24-21(25)19-13-15(2)22-20-12-8-7-11-18(19)20/h4-13H,3,14H2,1-2H3,(H,24,25)/b23-17-. The second-order valence-electron chi connectivity index (χ2n) is 5.96. The van der Waals surface area contributed by atoms with E-state index >= 15 is 0 Å². The highest BCUT2D eigenvalue weighted by molar-refractivity contribution is 6.06. The molecule has 0 saturated heterocycles. The van der Waals surface area contributed by atoms with Gasteiger partial charge in [0.2, 0.25) is 0 Å². The van der Waals surface area contributed by atoms with Crippen LogP contribution in [-0.2, 0) is 6.42 Å². The lowest BCUT2D eigenvalue weighted by molar-refractivity contribution is 0.0956. The molecule has 0 atom stereocenters. The SMILES string of the molecule is CC/C(Cc1ccccc1)=N/NC(=O)c1cc(C)nc2ccccc12. The molecular formula is C21H21N3O. The van der Waals surface area contributed by atoms with Crippen LogP contribution in [0.4, 0.5) is 0 Å². The normalized spacial score (nSPS) is 11.5. The smallest absolute Gasteiger partial charge is 0.267 e. The minimum absolute atomic E-state index is 0.208. The van der Waals surface area contributed by atoms with E-state index in [1.165, 1.54) is 5.56 Å². The van der Waals surface area contributed by atoms with Crippen LogP contribution in [0.3, 0.4) is 0 Å². The highest BCUT2D eigenvalue weighted by Crippen LogP contribution is 2.18. The van der Waals surface area contributed by atoms with Crippen molar-refractivity contribution < 1.29 is 4.79 Å². The zero-order valence-corrected chi connectivity index (χ0v) is 14.5. The van der Waals surface area contributed by atoms with Gasteiger partial charge in [-0.05, 0) is 31.0 Å². The number of hydrazone groups is 1. The van der Waals surface area contributed by atoms with E-state index in [9.17, 15) is 4.79 Å². The number of para-hydroxylation sites is 1. The number of aromatic nitrogens is 1. The second-order valence-corrected chi connectivity index (χ2v) is 5.96. The maximum Gasteiger partial charge on any atom is 0.272 e. The average molecular weight is 331 g/mol. The second kappa shape index (κ2) is 7.71. The summed E-state index contributed by atoms with van der Waals surface area (Å²) in [6.07, 6.45) is 1.51. The van der Waals surface area contributed by atoms with Gasteiger partial charge in [0.05, 0.1) is 11.1 Å². The lowest BCUT2D eigenvalue weighted by Crippen LogP contribution is -2.21. The Balaban J connectivity index is 1.82. The summed E-state index contributed by atoms with van der Waals surface area (Å²) in [5.41, 5.74) is 7.06. The quantitative estimate of drug-likeness (QED) is 0.560. The molecule has 1 heterocycles. The predicted octanol–water partition coefficient (Wildman–Crippen LogP) is 4.28. The molecule has 0 saturated carbocycles. The van der Waals surface area contributed by atoms with Gasteiger partial charge in [-0.3, -0.25) is 9.78 Å². The Morgan fingerprint density at radius 2 is 1.80 bits per heavy atom. The van der Waals surface area contributed by atoms with Crippen molar-refractivity contribution in [1.29, 1.82) is 0 Å². The van der Waals surface area contributed by atoms with Gasteiger partial charge in [0.25, 0.3) is 5.91 Å². The summed E-state index contributed by atoms with van der Waals surface area (Å²) in [6, 6.07) is 19.6. The van der Waals surface area contributed by atoms with E-state index in [0.29, 0.717) is 5.56 Å². The van der Waals surface area contributed by atoms with Crippen LogP contribution >= 0.6 is 0 Å². The summed E-state index contributed by atoms with van der Waals surface area (Å²) in [7, 11) is 0. The molecule has 0 aliphatic heterocycles. The van der Waals surface area contributed by atoms with Crippen LogP contribution in [0.15, 0.2) is 65.8 Å². The summed E-state index contributed by atoms with van der Waals surface area (Å²) in [5, 5.41) is 5.18. The summed E-state index contributed by atoms with van der Waals surface area (Å²) < 4.78 is 0. The van der Waals surface area contributed by atoms with Gasteiger partial charge < -0.3 is 0 Å². The highest BCUT2D eigenvalue weighted by atomic mass is 16.2. The van der Waals surface area contributed by atoms with Gasteiger partial charge in [-0.15, -0.1) is 0 Å². The first-order chi connectivity index (χ1) is 12.2. The number of carbonyl (C=O) groups excluding carboxylic acids is 1. The van der Waals surface area contributed by atoms with Crippen molar-refractivity contribution >= 4 is 22.5 Å². The molecule has 1 aromatic heterocycles. The number of hydrogen-bond acceptors (Lipinski definition) is 3.